The van der Waals surface area contributed by atoms with E-state index in [1.165, 1.54) is 0 Å². The molecule has 6 heteroatoms. The van der Waals surface area contributed by atoms with Crippen LogP contribution < -0.4 is 10.6 Å². The lowest BCUT2D eigenvalue weighted by atomic mass is 9.92. The van der Waals surface area contributed by atoms with Gasteiger partial charge in [-0.2, -0.15) is 0 Å². The molecule has 1 rings (SSSR count). The highest BCUT2D eigenvalue weighted by molar-refractivity contribution is 6.30. The lowest BCUT2D eigenvalue weighted by molar-refractivity contribution is 0.0502. The Balaban J connectivity index is 2.77. The van der Waals surface area contributed by atoms with Crippen molar-refractivity contribution in [2.45, 2.75) is 58.6 Å². The summed E-state index contributed by atoms with van der Waals surface area (Å²) in [5, 5.41) is 6.28. The number of carbonyl (C=O) groups excluding carboxylic acids is 2. The zero-order chi connectivity index (χ0) is 18.4. The highest BCUT2D eigenvalue weighted by Gasteiger charge is 2.30. The highest BCUT2D eigenvalue weighted by atomic mass is 35.5. The maximum absolute atomic E-state index is 12.5. The van der Waals surface area contributed by atoms with E-state index >= 15 is 0 Å². The number of rotatable bonds is 6. The van der Waals surface area contributed by atoms with Crippen LogP contribution in [0.5, 0.6) is 0 Å². The van der Waals surface area contributed by atoms with Crippen molar-refractivity contribution >= 4 is 23.6 Å². The van der Waals surface area contributed by atoms with Gasteiger partial charge in [0.2, 0.25) is 0 Å². The summed E-state index contributed by atoms with van der Waals surface area (Å²) in [5.74, 6) is -0.216. The Bertz CT molecular complexity index is 578. The van der Waals surface area contributed by atoms with Crippen molar-refractivity contribution < 1.29 is 14.3 Å². The number of nitrogens with one attached hydrogen (secondary N) is 2. The molecule has 0 aliphatic rings. The minimum atomic E-state index is -0.560. The van der Waals surface area contributed by atoms with E-state index in [2.05, 4.69) is 10.6 Å². The molecule has 2 amide bonds. The molecule has 0 unspecified atom stereocenters. The second kappa shape index (κ2) is 8.38. The van der Waals surface area contributed by atoms with Crippen molar-refractivity contribution in [1.29, 1.82) is 0 Å². The highest BCUT2D eigenvalue weighted by Crippen LogP contribution is 2.17. The largest absolute Gasteiger partial charge is 0.444 e. The molecule has 0 aliphatic carbocycles. The SMILES string of the molecule is CCC(CC)(CNC(=O)OC(C)(C)C)NC(=O)c1cccc(Cl)c1. The summed E-state index contributed by atoms with van der Waals surface area (Å²) in [4.78, 5) is 24.4. The number of hydrogen-bond acceptors (Lipinski definition) is 3. The molecule has 1 aromatic carbocycles. The van der Waals surface area contributed by atoms with Crippen molar-refractivity contribution in [3.63, 3.8) is 0 Å². The third-order valence-electron chi connectivity index (χ3n) is 3.79. The van der Waals surface area contributed by atoms with Crippen molar-refractivity contribution in [3.8, 4) is 0 Å². The van der Waals surface area contributed by atoms with E-state index in [9.17, 15) is 9.59 Å². The maximum atomic E-state index is 12.5. The average molecular weight is 355 g/mol. The molecule has 1 aromatic rings. The predicted molar refractivity (Wildman–Crippen MR) is 96.5 cm³/mol. The monoisotopic (exact) mass is 354 g/mol. The van der Waals surface area contributed by atoms with Crippen LogP contribution in [-0.2, 0) is 4.74 Å². The molecule has 24 heavy (non-hydrogen) atoms. The fourth-order valence-corrected chi connectivity index (χ4v) is 2.41. The van der Waals surface area contributed by atoms with Crippen LogP contribution in [0.2, 0.25) is 5.02 Å². The van der Waals surface area contributed by atoms with Crippen LogP contribution in [0.15, 0.2) is 24.3 Å². The smallest absolute Gasteiger partial charge is 0.407 e. The molecule has 0 radical (unpaired) electrons. The fraction of sp³-hybridized carbons (Fsp3) is 0.556. The molecule has 0 saturated carbocycles. The second-order valence-corrected chi connectivity index (χ2v) is 7.24. The fourth-order valence-electron chi connectivity index (χ4n) is 2.22. The Morgan fingerprint density at radius 3 is 2.29 bits per heavy atom. The van der Waals surface area contributed by atoms with Gasteiger partial charge in [0.25, 0.3) is 5.91 Å². The molecular weight excluding hydrogens is 328 g/mol. The molecule has 0 saturated heterocycles. The van der Waals surface area contributed by atoms with Crippen LogP contribution in [0.4, 0.5) is 4.79 Å². The van der Waals surface area contributed by atoms with Gasteiger partial charge in [0.05, 0.1) is 5.54 Å². The molecule has 0 bridgehead atoms. The van der Waals surface area contributed by atoms with Crippen LogP contribution in [0.25, 0.3) is 0 Å². The van der Waals surface area contributed by atoms with Crippen LogP contribution in [0.1, 0.15) is 57.8 Å². The Hall–Kier alpha value is -1.75. The first-order valence-electron chi connectivity index (χ1n) is 8.16. The van der Waals surface area contributed by atoms with E-state index in [0.29, 0.717) is 30.0 Å². The normalized spacial score (nSPS) is 11.8. The summed E-state index contributed by atoms with van der Waals surface area (Å²) in [7, 11) is 0. The molecule has 0 fully saturated rings. The summed E-state index contributed by atoms with van der Waals surface area (Å²) in [6.07, 6.45) is 0.850. The van der Waals surface area contributed by atoms with Gasteiger partial charge < -0.3 is 15.4 Å². The topological polar surface area (TPSA) is 67.4 Å². The lowest BCUT2D eigenvalue weighted by Gasteiger charge is -2.33. The van der Waals surface area contributed by atoms with Crippen molar-refractivity contribution in [1.82, 2.24) is 10.6 Å². The molecule has 0 atom stereocenters. The van der Waals surface area contributed by atoms with Crippen molar-refractivity contribution in [2.24, 2.45) is 0 Å². The van der Waals surface area contributed by atoms with Crippen LogP contribution in [0, 0.1) is 0 Å². The van der Waals surface area contributed by atoms with Crippen LogP contribution in [0.3, 0.4) is 0 Å². The van der Waals surface area contributed by atoms with E-state index in [0.717, 1.165) is 0 Å². The molecule has 0 heterocycles. The van der Waals surface area contributed by atoms with Gasteiger partial charge in [-0.3, -0.25) is 4.79 Å². The first-order valence-corrected chi connectivity index (χ1v) is 8.53. The second-order valence-electron chi connectivity index (χ2n) is 6.81. The van der Waals surface area contributed by atoms with Crippen LogP contribution >= 0.6 is 11.6 Å². The van der Waals surface area contributed by atoms with Crippen LogP contribution in [-0.4, -0.2) is 29.7 Å². The van der Waals surface area contributed by atoms with Gasteiger partial charge in [0.1, 0.15) is 5.60 Å². The van der Waals surface area contributed by atoms with Gasteiger partial charge in [-0.15, -0.1) is 0 Å². The van der Waals surface area contributed by atoms with E-state index in [4.69, 9.17) is 16.3 Å². The minimum absolute atomic E-state index is 0.216. The van der Waals surface area contributed by atoms with E-state index in [-0.39, 0.29) is 5.91 Å². The first-order chi connectivity index (χ1) is 11.1. The molecule has 0 spiro atoms. The molecule has 0 aliphatic heterocycles. The Kier molecular flexibility index (Phi) is 7.08. The quantitative estimate of drug-likeness (QED) is 0.806. The van der Waals surface area contributed by atoms with Crippen molar-refractivity contribution in [3.05, 3.63) is 34.9 Å². The summed E-state index contributed by atoms with van der Waals surface area (Å²) in [6, 6.07) is 6.78. The number of alkyl carbamates (subject to hydrolysis) is 1. The lowest BCUT2D eigenvalue weighted by Crippen LogP contribution is -2.55. The third kappa shape index (κ3) is 6.40. The zero-order valence-electron chi connectivity index (χ0n) is 15.0. The Morgan fingerprint density at radius 1 is 1.17 bits per heavy atom. The molecule has 5 nitrogen and oxygen atoms in total. The first kappa shape index (κ1) is 20.3. The Labute approximate surface area is 149 Å². The summed E-state index contributed by atoms with van der Waals surface area (Å²) in [5.41, 5.74) is -0.614. The minimum Gasteiger partial charge on any atom is -0.444 e. The summed E-state index contributed by atoms with van der Waals surface area (Å²) in [6.45, 7) is 9.65. The number of amides is 2. The molecule has 134 valence electrons. The number of ether oxygens (including phenoxy) is 1. The number of carbonyl (C=O) groups is 2. The summed E-state index contributed by atoms with van der Waals surface area (Å²) >= 11 is 5.94. The van der Waals surface area contributed by atoms with E-state index in [1.807, 2.05) is 13.8 Å². The molecule has 2 N–H and O–H groups in total. The van der Waals surface area contributed by atoms with Crippen molar-refractivity contribution in [2.75, 3.05) is 6.54 Å². The van der Waals surface area contributed by atoms with E-state index < -0.39 is 17.2 Å². The molecule has 0 aromatic heterocycles. The maximum Gasteiger partial charge on any atom is 0.407 e. The number of hydrogen-bond donors (Lipinski definition) is 2. The van der Waals surface area contributed by atoms with E-state index in [1.54, 1.807) is 45.0 Å². The predicted octanol–water partition coefficient (Wildman–Crippen LogP) is 4.15. The van der Waals surface area contributed by atoms with Gasteiger partial charge in [0, 0.05) is 17.1 Å². The Morgan fingerprint density at radius 2 is 1.79 bits per heavy atom. The summed E-state index contributed by atoms with van der Waals surface area (Å²) < 4.78 is 5.25. The standard InChI is InChI=1S/C18H27ClN2O3/c1-6-18(7-2,12-20-16(23)24-17(3,4)5)21-15(22)13-9-8-10-14(19)11-13/h8-11H,6-7,12H2,1-5H3,(H,20,23)(H,21,22). The van der Waals surface area contributed by atoms with Gasteiger partial charge in [-0.1, -0.05) is 31.5 Å². The van der Waals surface area contributed by atoms with Gasteiger partial charge in [0.15, 0.2) is 0 Å². The number of halogens is 1. The molecular formula is C18H27ClN2O3. The van der Waals surface area contributed by atoms with Gasteiger partial charge >= 0.3 is 6.09 Å². The third-order valence-corrected chi connectivity index (χ3v) is 4.02. The zero-order valence-corrected chi connectivity index (χ0v) is 15.8. The van der Waals surface area contributed by atoms with Gasteiger partial charge in [-0.25, -0.2) is 4.79 Å². The average Bonchev–Trinajstić information content (AvgIpc) is 2.49. The van der Waals surface area contributed by atoms with Gasteiger partial charge in [-0.05, 0) is 51.8 Å². The number of benzene rings is 1.